The first-order valence-electron chi connectivity index (χ1n) is 16.5. The van der Waals surface area contributed by atoms with Crippen molar-refractivity contribution < 1.29 is 14.6 Å². The second kappa shape index (κ2) is 14.9. The van der Waals surface area contributed by atoms with Crippen molar-refractivity contribution in [2.75, 3.05) is 6.61 Å². The Morgan fingerprint density at radius 3 is 1.93 bits per heavy atom. The number of ether oxygens (including phenoxy) is 2. The molecular weight excluding hydrogens is 504 g/mol. The van der Waals surface area contributed by atoms with Crippen molar-refractivity contribution >= 4 is 0 Å². The van der Waals surface area contributed by atoms with Crippen molar-refractivity contribution in [1.29, 1.82) is 0 Å². The van der Waals surface area contributed by atoms with Crippen LogP contribution in [0.1, 0.15) is 137 Å². The first-order chi connectivity index (χ1) is 19.3. The molecule has 0 aliphatic heterocycles. The van der Waals surface area contributed by atoms with Crippen LogP contribution in [-0.4, -0.2) is 18.0 Å². The quantitative estimate of drug-likeness (QED) is 0.219. The number of rotatable bonds is 15. The minimum Gasteiger partial charge on any atom is -0.508 e. The third kappa shape index (κ3) is 10.1. The number of phenolic OH excluding ortho intramolecular Hbond substituents is 1. The summed E-state index contributed by atoms with van der Waals surface area (Å²) in [6, 6.07) is 16.7. The van der Waals surface area contributed by atoms with E-state index in [0.29, 0.717) is 29.4 Å². The van der Waals surface area contributed by atoms with Crippen molar-refractivity contribution in [3.63, 3.8) is 0 Å². The molecule has 3 rings (SSSR count). The predicted octanol–water partition coefficient (Wildman–Crippen LogP) is 11.1. The van der Waals surface area contributed by atoms with Crippen LogP contribution in [0.5, 0.6) is 11.5 Å². The summed E-state index contributed by atoms with van der Waals surface area (Å²) >= 11 is 0. The van der Waals surface area contributed by atoms with Crippen LogP contribution < -0.4 is 4.74 Å². The lowest BCUT2D eigenvalue weighted by atomic mass is 9.58. The maximum absolute atomic E-state index is 9.91. The highest BCUT2D eigenvalue weighted by molar-refractivity contribution is 5.32. The molecular formula is C38H60O3. The van der Waals surface area contributed by atoms with Crippen LogP contribution in [0.25, 0.3) is 0 Å². The number of hydrogen-bond donors (Lipinski definition) is 1. The van der Waals surface area contributed by atoms with Crippen molar-refractivity contribution in [1.82, 2.24) is 0 Å². The molecule has 3 nitrogen and oxygen atoms in total. The molecule has 0 spiro atoms. The van der Waals surface area contributed by atoms with Gasteiger partial charge >= 0.3 is 0 Å². The Morgan fingerprint density at radius 1 is 0.780 bits per heavy atom. The van der Waals surface area contributed by atoms with Crippen LogP contribution in [0.4, 0.5) is 0 Å². The first-order valence-corrected chi connectivity index (χ1v) is 16.5. The summed E-state index contributed by atoms with van der Waals surface area (Å²) in [6.45, 7) is 21.9. The molecule has 0 aromatic heterocycles. The van der Waals surface area contributed by atoms with Gasteiger partial charge in [0, 0.05) is 0 Å². The van der Waals surface area contributed by atoms with Crippen molar-refractivity contribution in [3.05, 3.63) is 59.7 Å². The Bertz CT molecular complexity index is 1010. The third-order valence-corrected chi connectivity index (χ3v) is 9.51. The Morgan fingerprint density at radius 2 is 1.37 bits per heavy atom. The van der Waals surface area contributed by atoms with Gasteiger partial charge in [-0.3, -0.25) is 0 Å². The zero-order valence-electron chi connectivity index (χ0n) is 27.7. The molecule has 2 aromatic carbocycles. The van der Waals surface area contributed by atoms with Crippen molar-refractivity contribution in [2.24, 2.45) is 28.6 Å². The second-order valence-corrected chi connectivity index (χ2v) is 15.1. The standard InChI is InChI=1S/C38H60O3/c1-27(2)25-35(31-15-19-33(39)20-16-31)37(6,7)26-38(8,9)36(28(3)4)32-17-21-34(22-18-32)41-29(5)40-24-23-30-13-11-10-12-14-30/h15-22,27-30,35-36,39H,10-14,23-26H2,1-9H3. The number of hydrogen-bond acceptors (Lipinski definition) is 3. The summed E-state index contributed by atoms with van der Waals surface area (Å²) in [5.74, 6) is 3.99. The summed E-state index contributed by atoms with van der Waals surface area (Å²) < 4.78 is 12.2. The van der Waals surface area contributed by atoms with Gasteiger partial charge in [0.25, 0.3) is 0 Å². The zero-order chi connectivity index (χ0) is 30.2. The van der Waals surface area contributed by atoms with E-state index in [1.807, 2.05) is 19.1 Å². The fourth-order valence-corrected chi connectivity index (χ4v) is 8.09. The van der Waals surface area contributed by atoms with E-state index in [1.54, 1.807) is 0 Å². The van der Waals surface area contributed by atoms with E-state index in [2.05, 4.69) is 91.8 Å². The van der Waals surface area contributed by atoms with Gasteiger partial charge in [-0.2, -0.15) is 0 Å². The molecule has 3 atom stereocenters. The summed E-state index contributed by atoms with van der Waals surface area (Å²) in [4.78, 5) is 0. The first kappa shape index (κ1) is 33.5. The lowest BCUT2D eigenvalue weighted by Crippen LogP contribution is -2.35. The van der Waals surface area contributed by atoms with E-state index in [-0.39, 0.29) is 17.1 Å². The minimum absolute atomic E-state index is 0.0850. The minimum atomic E-state index is -0.236. The van der Waals surface area contributed by atoms with Gasteiger partial charge in [0.15, 0.2) is 6.29 Å². The summed E-state index contributed by atoms with van der Waals surface area (Å²) in [5.41, 5.74) is 2.88. The predicted molar refractivity (Wildman–Crippen MR) is 174 cm³/mol. The van der Waals surface area contributed by atoms with E-state index >= 15 is 0 Å². The van der Waals surface area contributed by atoms with Gasteiger partial charge in [-0.05, 0) is 102 Å². The fourth-order valence-electron chi connectivity index (χ4n) is 8.09. The summed E-state index contributed by atoms with van der Waals surface area (Å²) in [5, 5.41) is 9.91. The maximum Gasteiger partial charge on any atom is 0.196 e. The van der Waals surface area contributed by atoms with E-state index in [0.717, 1.165) is 37.5 Å². The van der Waals surface area contributed by atoms with Crippen LogP contribution >= 0.6 is 0 Å². The Labute approximate surface area is 252 Å². The van der Waals surface area contributed by atoms with E-state index in [9.17, 15) is 5.11 Å². The van der Waals surface area contributed by atoms with Crippen molar-refractivity contribution in [2.45, 2.75) is 132 Å². The van der Waals surface area contributed by atoms with Gasteiger partial charge in [0.1, 0.15) is 11.5 Å². The van der Waals surface area contributed by atoms with Gasteiger partial charge in [-0.25, -0.2) is 0 Å². The number of aromatic hydroxyl groups is 1. The second-order valence-electron chi connectivity index (χ2n) is 15.1. The molecule has 3 unspecified atom stereocenters. The molecule has 1 fully saturated rings. The van der Waals surface area contributed by atoms with Gasteiger partial charge in [-0.15, -0.1) is 0 Å². The fraction of sp³-hybridized carbons (Fsp3) is 0.684. The monoisotopic (exact) mass is 564 g/mol. The van der Waals surface area contributed by atoms with E-state index < -0.39 is 0 Å². The molecule has 1 aliphatic rings. The normalized spacial score (nSPS) is 17.5. The molecule has 1 N–H and O–H groups in total. The Kier molecular flexibility index (Phi) is 12.2. The summed E-state index contributed by atoms with van der Waals surface area (Å²) in [7, 11) is 0. The molecule has 0 heterocycles. The largest absolute Gasteiger partial charge is 0.508 e. The highest BCUT2D eigenvalue weighted by Crippen LogP contribution is 2.53. The Hall–Kier alpha value is -2.00. The molecule has 0 radical (unpaired) electrons. The van der Waals surface area contributed by atoms with Crippen LogP contribution in [-0.2, 0) is 4.74 Å². The van der Waals surface area contributed by atoms with Crippen LogP contribution in [0.3, 0.4) is 0 Å². The molecule has 0 saturated heterocycles. The van der Waals surface area contributed by atoms with Gasteiger partial charge in [0.2, 0.25) is 0 Å². The van der Waals surface area contributed by atoms with Crippen LogP contribution in [0.15, 0.2) is 48.5 Å². The lowest BCUT2D eigenvalue weighted by Gasteiger charge is -2.46. The average Bonchev–Trinajstić information content (AvgIpc) is 2.88. The summed E-state index contributed by atoms with van der Waals surface area (Å²) in [6.07, 6.45) is 10.0. The number of phenols is 1. The topological polar surface area (TPSA) is 38.7 Å². The maximum atomic E-state index is 9.91. The smallest absolute Gasteiger partial charge is 0.196 e. The molecule has 3 heteroatoms. The zero-order valence-corrected chi connectivity index (χ0v) is 27.7. The molecule has 1 aliphatic carbocycles. The third-order valence-electron chi connectivity index (χ3n) is 9.51. The average molecular weight is 565 g/mol. The van der Waals surface area contributed by atoms with Crippen LogP contribution in [0.2, 0.25) is 0 Å². The van der Waals surface area contributed by atoms with Crippen molar-refractivity contribution in [3.8, 4) is 11.5 Å². The van der Waals surface area contributed by atoms with Crippen LogP contribution in [0, 0.1) is 28.6 Å². The van der Waals surface area contributed by atoms with E-state index in [1.165, 1.54) is 43.2 Å². The van der Waals surface area contributed by atoms with Gasteiger partial charge in [0.05, 0.1) is 6.61 Å². The molecule has 230 valence electrons. The Balaban J connectivity index is 1.68. The number of benzene rings is 2. The molecule has 1 saturated carbocycles. The molecule has 0 bridgehead atoms. The molecule has 0 amide bonds. The van der Waals surface area contributed by atoms with Gasteiger partial charge < -0.3 is 14.6 Å². The lowest BCUT2D eigenvalue weighted by molar-refractivity contribution is -0.0711. The molecule has 2 aromatic rings. The van der Waals surface area contributed by atoms with E-state index in [4.69, 9.17) is 9.47 Å². The highest BCUT2D eigenvalue weighted by atomic mass is 16.7. The highest BCUT2D eigenvalue weighted by Gasteiger charge is 2.41. The SMILES string of the molecule is CC(C)CC(c1ccc(O)cc1)C(C)(C)CC(C)(C)C(c1ccc(OC(C)OCCC2CCCCC2)cc1)C(C)C. The van der Waals surface area contributed by atoms with Gasteiger partial charge in [-0.1, -0.05) is 112 Å². The molecule has 41 heavy (non-hydrogen) atoms.